The molecule has 0 spiro atoms. The number of likely N-dealkylation sites (N-methyl/N-ethyl adjacent to an activating group) is 1. The van der Waals surface area contributed by atoms with Crippen molar-refractivity contribution in [3.05, 3.63) is 35.9 Å². The molecule has 28 heavy (non-hydrogen) atoms. The lowest BCUT2D eigenvalue weighted by molar-refractivity contribution is 0.175. The van der Waals surface area contributed by atoms with Crippen LogP contribution in [-0.4, -0.2) is 66.1 Å². The minimum atomic E-state index is 0.345. The number of likely N-dealkylation sites (tertiary alicyclic amines) is 1. The van der Waals surface area contributed by atoms with Crippen molar-refractivity contribution >= 4 is 11.8 Å². The second-order valence-corrected chi connectivity index (χ2v) is 8.15. The van der Waals surface area contributed by atoms with Gasteiger partial charge in [-0.1, -0.05) is 30.7 Å². The van der Waals surface area contributed by atoms with Crippen molar-refractivity contribution in [3.63, 3.8) is 0 Å². The number of rotatable bonds is 4. The number of aromatic nitrogens is 2. The molecule has 1 aromatic carbocycles. The van der Waals surface area contributed by atoms with E-state index in [1.807, 2.05) is 0 Å². The lowest BCUT2D eigenvalue weighted by Gasteiger charge is -2.33. The van der Waals surface area contributed by atoms with Crippen LogP contribution in [0, 0.1) is 0 Å². The van der Waals surface area contributed by atoms with Crippen LogP contribution in [0.5, 0.6) is 0 Å². The molecule has 0 radical (unpaired) electrons. The van der Waals surface area contributed by atoms with Gasteiger partial charge in [-0.05, 0) is 45.5 Å². The second-order valence-electron chi connectivity index (χ2n) is 8.15. The van der Waals surface area contributed by atoms with Gasteiger partial charge in [-0.3, -0.25) is 4.90 Å². The Bertz CT molecular complexity index is 776. The van der Waals surface area contributed by atoms with E-state index in [0.717, 1.165) is 43.3 Å². The van der Waals surface area contributed by atoms with E-state index in [9.17, 15) is 0 Å². The zero-order valence-electron chi connectivity index (χ0n) is 17.1. The summed E-state index contributed by atoms with van der Waals surface area (Å²) in [6.07, 6.45) is 4.00. The molecule has 2 saturated heterocycles. The standard InChI is InChI=1S/C22H32N6/c1-17(27-10-4-3-5-11-27)18-6-8-19(9-7-18)20-16-21(25-22(23)24-20)28-14-12-26(2)13-15-28/h6-9,16-17H,3-5,10-15H2,1-2H3,(H2,23,24,25)/t17-/m1/s1. The predicted molar refractivity (Wildman–Crippen MR) is 115 cm³/mol. The van der Waals surface area contributed by atoms with Crippen LogP contribution in [0.15, 0.2) is 30.3 Å². The highest BCUT2D eigenvalue weighted by molar-refractivity contribution is 5.65. The number of anilines is 2. The van der Waals surface area contributed by atoms with Crippen LogP contribution in [0.4, 0.5) is 11.8 Å². The Balaban J connectivity index is 1.52. The van der Waals surface area contributed by atoms with E-state index in [4.69, 9.17) is 5.73 Å². The van der Waals surface area contributed by atoms with Gasteiger partial charge in [0.2, 0.25) is 5.95 Å². The highest BCUT2D eigenvalue weighted by Crippen LogP contribution is 2.28. The van der Waals surface area contributed by atoms with Crippen molar-refractivity contribution in [2.75, 3.05) is 56.9 Å². The molecular formula is C22H32N6. The summed E-state index contributed by atoms with van der Waals surface area (Å²) >= 11 is 0. The molecule has 0 bridgehead atoms. The smallest absolute Gasteiger partial charge is 0.222 e. The fourth-order valence-corrected chi connectivity index (χ4v) is 4.25. The van der Waals surface area contributed by atoms with Crippen LogP contribution in [0.1, 0.15) is 37.8 Å². The zero-order chi connectivity index (χ0) is 19.5. The summed E-state index contributed by atoms with van der Waals surface area (Å²) in [5.74, 6) is 1.28. The van der Waals surface area contributed by atoms with E-state index >= 15 is 0 Å². The van der Waals surface area contributed by atoms with Gasteiger partial charge in [0.15, 0.2) is 0 Å². The molecule has 2 aliphatic heterocycles. The first-order valence-corrected chi connectivity index (χ1v) is 10.5. The molecule has 3 heterocycles. The molecule has 1 atom stereocenters. The Morgan fingerprint density at radius 1 is 0.893 bits per heavy atom. The van der Waals surface area contributed by atoms with Gasteiger partial charge in [0, 0.05) is 43.9 Å². The molecule has 0 amide bonds. The molecule has 6 nitrogen and oxygen atoms in total. The monoisotopic (exact) mass is 380 g/mol. The van der Waals surface area contributed by atoms with Crippen molar-refractivity contribution < 1.29 is 0 Å². The number of benzene rings is 1. The first kappa shape index (κ1) is 19.2. The van der Waals surface area contributed by atoms with Gasteiger partial charge in [0.1, 0.15) is 5.82 Å². The second kappa shape index (κ2) is 8.45. The van der Waals surface area contributed by atoms with Gasteiger partial charge in [0.25, 0.3) is 0 Å². The molecular weight excluding hydrogens is 348 g/mol. The average Bonchev–Trinajstić information content (AvgIpc) is 2.74. The van der Waals surface area contributed by atoms with Gasteiger partial charge in [0.05, 0.1) is 5.69 Å². The summed E-state index contributed by atoms with van der Waals surface area (Å²) in [6, 6.07) is 11.4. The highest BCUT2D eigenvalue weighted by Gasteiger charge is 2.19. The maximum Gasteiger partial charge on any atom is 0.222 e. The Morgan fingerprint density at radius 2 is 1.57 bits per heavy atom. The normalized spacial score (nSPS) is 20.3. The molecule has 0 saturated carbocycles. The van der Waals surface area contributed by atoms with Crippen LogP contribution < -0.4 is 10.6 Å². The summed E-state index contributed by atoms with van der Waals surface area (Å²) in [4.78, 5) is 16.2. The average molecular weight is 381 g/mol. The summed E-state index contributed by atoms with van der Waals surface area (Å²) in [5.41, 5.74) is 9.41. The van der Waals surface area contributed by atoms with E-state index in [1.54, 1.807) is 0 Å². The lowest BCUT2D eigenvalue weighted by Crippen LogP contribution is -2.44. The van der Waals surface area contributed by atoms with Crippen molar-refractivity contribution in [2.45, 2.75) is 32.2 Å². The largest absolute Gasteiger partial charge is 0.368 e. The minimum absolute atomic E-state index is 0.345. The van der Waals surface area contributed by atoms with E-state index in [0.29, 0.717) is 12.0 Å². The Hall–Kier alpha value is -2.18. The highest BCUT2D eigenvalue weighted by atomic mass is 15.3. The predicted octanol–water partition coefficient (Wildman–Crippen LogP) is 3.02. The zero-order valence-corrected chi connectivity index (χ0v) is 17.1. The summed E-state index contributed by atoms with van der Waals surface area (Å²) < 4.78 is 0. The molecule has 2 N–H and O–H groups in total. The third kappa shape index (κ3) is 4.28. The molecule has 150 valence electrons. The van der Waals surface area contributed by atoms with Crippen LogP contribution in [0.25, 0.3) is 11.3 Å². The Labute approximate surface area is 168 Å². The third-order valence-electron chi connectivity index (χ3n) is 6.18. The fraction of sp³-hybridized carbons (Fsp3) is 0.545. The van der Waals surface area contributed by atoms with Crippen LogP contribution in [0.3, 0.4) is 0 Å². The van der Waals surface area contributed by atoms with Gasteiger partial charge in [-0.25, -0.2) is 4.98 Å². The molecule has 0 aliphatic carbocycles. The number of hydrogen-bond donors (Lipinski definition) is 1. The quantitative estimate of drug-likeness (QED) is 0.880. The van der Waals surface area contributed by atoms with Crippen molar-refractivity contribution in [2.24, 2.45) is 0 Å². The van der Waals surface area contributed by atoms with E-state index < -0.39 is 0 Å². The maximum atomic E-state index is 6.04. The number of hydrogen-bond acceptors (Lipinski definition) is 6. The number of nitrogens with zero attached hydrogens (tertiary/aromatic N) is 5. The van der Waals surface area contributed by atoms with Crippen LogP contribution in [0.2, 0.25) is 0 Å². The minimum Gasteiger partial charge on any atom is -0.368 e. The maximum absolute atomic E-state index is 6.04. The Kier molecular flexibility index (Phi) is 5.78. The van der Waals surface area contributed by atoms with E-state index in [1.165, 1.54) is 37.9 Å². The molecule has 2 fully saturated rings. The van der Waals surface area contributed by atoms with Crippen LogP contribution >= 0.6 is 0 Å². The number of piperidine rings is 1. The number of nitrogens with two attached hydrogens (primary N) is 1. The van der Waals surface area contributed by atoms with Crippen molar-refractivity contribution in [3.8, 4) is 11.3 Å². The number of piperazine rings is 1. The summed E-state index contributed by atoms with van der Waals surface area (Å²) in [5, 5.41) is 0. The first-order valence-electron chi connectivity index (χ1n) is 10.5. The van der Waals surface area contributed by atoms with Crippen molar-refractivity contribution in [1.82, 2.24) is 19.8 Å². The van der Waals surface area contributed by atoms with Crippen molar-refractivity contribution in [1.29, 1.82) is 0 Å². The van der Waals surface area contributed by atoms with Crippen LogP contribution in [-0.2, 0) is 0 Å². The first-order chi connectivity index (χ1) is 13.6. The molecule has 2 aromatic rings. The van der Waals surface area contributed by atoms with Gasteiger partial charge in [-0.15, -0.1) is 0 Å². The topological polar surface area (TPSA) is 61.5 Å². The van der Waals surface area contributed by atoms with Gasteiger partial charge in [-0.2, -0.15) is 4.98 Å². The molecule has 6 heteroatoms. The van der Waals surface area contributed by atoms with E-state index in [2.05, 4.69) is 69.0 Å². The molecule has 4 rings (SSSR count). The Morgan fingerprint density at radius 3 is 2.25 bits per heavy atom. The van der Waals surface area contributed by atoms with Gasteiger partial charge >= 0.3 is 0 Å². The summed E-state index contributed by atoms with van der Waals surface area (Å²) in [6.45, 7) is 8.76. The fourth-order valence-electron chi connectivity index (χ4n) is 4.25. The van der Waals surface area contributed by atoms with Gasteiger partial charge < -0.3 is 15.5 Å². The SMILES string of the molecule is C[C@H](c1ccc(-c2cc(N3CCN(C)CC3)nc(N)n2)cc1)N1CCCCC1. The van der Waals surface area contributed by atoms with E-state index in [-0.39, 0.29) is 0 Å². The lowest BCUT2D eigenvalue weighted by atomic mass is 10.0. The summed E-state index contributed by atoms with van der Waals surface area (Å²) in [7, 11) is 2.16. The molecule has 0 unspecified atom stereocenters. The molecule has 1 aromatic heterocycles. The third-order valence-corrected chi connectivity index (χ3v) is 6.18. The number of nitrogen functional groups attached to an aromatic ring is 1. The molecule has 2 aliphatic rings.